The summed E-state index contributed by atoms with van der Waals surface area (Å²) in [5.41, 5.74) is 5.61. The Hall–Kier alpha value is -1.30. The van der Waals surface area contributed by atoms with E-state index in [4.69, 9.17) is 40.2 Å². The van der Waals surface area contributed by atoms with E-state index in [1.165, 1.54) is 6.21 Å². The number of hydrogen-bond donors (Lipinski definition) is 3. The van der Waals surface area contributed by atoms with Crippen LogP contribution in [-0.4, -0.2) is 17.3 Å². The lowest BCUT2D eigenvalue weighted by Gasteiger charge is -2.08. The summed E-state index contributed by atoms with van der Waals surface area (Å²) in [5.74, 6) is 4.88. The van der Waals surface area contributed by atoms with Crippen LogP contribution in [0.1, 0.15) is 5.56 Å². The Bertz CT molecular complexity index is 384. The van der Waals surface area contributed by atoms with E-state index < -0.39 is 0 Å². The van der Waals surface area contributed by atoms with Gasteiger partial charge in [-0.25, -0.2) is 5.84 Å². The summed E-state index contributed by atoms with van der Waals surface area (Å²) in [5, 5.41) is 12.3. The van der Waals surface area contributed by atoms with Crippen LogP contribution in [0.5, 0.6) is 0 Å². The molecule has 5 N–H and O–H groups in total. The van der Waals surface area contributed by atoms with Crippen molar-refractivity contribution in [3.63, 3.8) is 0 Å². The number of halogens is 2. The fourth-order valence-corrected chi connectivity index (χ4v) is 1.31. The Kier molecular flexibility index (Phi) is 3.90. The first-order valence-corrected chi connectivity index (χ1v) is 4.65. The Morgan fingerprint density at radius 3 is 2.40 bits per heavy atom. The molecule has 0 fully saturated rings. The lowest BCUT2D eigenvalue weighted by atomic mass is 10.2. The summed E-state index contributed by atoms with van der Waals surface area (Å²) in [6.45, 7) is 0. The molecule has 0 saturated heterocycles. The number of hydrogen-bond acceptors (Lipinski definition) is 3. The zero-order chi connectivity index (χ0) is 11.4. The van der Waals surface area contributed by atoms with E-state index >= 15 is 0 Å². The summed E-state index contributed by atoms with van der Waals surface area (Å²) >= 11 is 11.7. The van der Waals surface area contributed by atoms with Gasteiger partial charge in [-0.1, -0.05) is 29.3 Å². The lowest BCUT2D eigenvalue weighted by Crippen LogP contribution is -2.37. The molecule has 0 radical (unpaired) electrons. The first-order chi connectivity index (χ1) is 7.02. The molecule has 1 aromatic rings. The van der Waals surface area contributed by atoms with Crippen LogP contribution in [0, 0.1) is 5.41 Å². The summed E-state index contributed by atoms with van der Waals surface area (Å²) in [4.78, 5) is 0. The number of benzene rings is 1. The molecule has 0 aromatic heterocycles. The van der Waals surface area contributed by atoms with E-state index in [1.54, 1.807) is 18.2 Å². The van der Waals surface area contributed by atoms with Crippen LogP contribution < -0.4 is 11.6 Å². The second-order valence-electron chi connectivity index (χ2n) is 2.61. The van der Waals surface area contributed by atoms with E-state index in [0.717, 1.165) is 0 Å². The molecule has 0 atom stereocenters. The zero-order valence-corrected chi connectivity index (χ0v) is 9.13. The summed E-state index contributed by atoms with van der Waals surface area (Å²) in [6.07, 6.45) is 1.34. The van der Waals surface area contributed by atoms with Crippen molar-refractivity contribution in [1.29, 1.82) is 5.41 Å². The van der Waals surface area contributed by atoms with E-state index in [1.807, 2.05) is 0 Å². The Morgan fingerprint density at radius 1 is 1.40 bits per heavy atom. The minimum absolute atomic E-state index is 0.380. The fraction of sp³-hybridized carbons (Fsp3) is 0. The normalized spacial score (nSPS) is 10.6. The SMILES string of the molecule is N=C(N)N(N)/N=C/c1c(Cl)cccc1Cl. The molecule has 0 spiro atoms. The first-order valence-electron chi connectivity index (χ1n) is 3.89. The molecular weight excluding hydrogens is 237 g/mol. The Balaban J connectivity index is 2.94. The molecule has 80 valence electrons. The highest BCUT2D eigenvalue weighted by Crippen LogP contribution is 2.22. The van der Waals surface area contributed by atoms with Crippen molar-refractivity contribution in [1.82, 2.24) is 5.12 Å². The van der Waals surface area contributed by atoms with E-state index in [9.17, 15) is 0 Å². The summed E-state index contributed by atoms with van der Waals surface area (Å²) in [6, 6.07) is 5.06. The maximum atomic E-state index is 6.97. The minimum Gasteiger partial charge on any atom is -0.367 e. The molecule has 0 bridgehead atoms. The first kappa shape index (κ1) is 11.8. The number of rotatable bonds is 2. The van der Waals surface area contributed by atoms with Gasteiger partial charge in [0.2, 0.25) is 5.96 Å². The highest BCUT2D eigenvalue weighted by Gasteiger charge is 2.03. The number of guanidine groups is 1. The van der Waals surface area contributed by atoms with Crippen LogP contribution in [0.3, 0.4) is 0 Å². The Morgan fingerprint density at radius 2 is 1.93 bits per heavy atom. The molecular formula is C8H9Cl2N5. The third kappa shape index (κ3) is 3.09. The van der Waals surface area contributed by atoms with Gasteiger partial charge in [-0.05, 0) is 12.1 Å². The van der Waals surface area contributed by atoms with Gasteiger partial charge >= 0.3 is 0 Å². The molecule has 0 unspecified atom stereocenters. The van der Waals surface area contributed by atoms with Gasteiger partial charge in [-0.2, -0.15) is 10.2 Å². The van der Waals surface area contributed by atoms with Crippen molar-refractivity contribution in [2.75, 3.05) is 0 Å². The number of nitrogens with one attached hydrogen (secondary N) is 1. The molecule has 5 nitrogen and oxygen atoms in total. The van der Waals surface area contributed by atoms with Gasteiger partial charge in [0, 0.05) is 5.56 Å². The van der Waals surface area contributed by atoms with Gasteiger partial charge < -0.3 is 5.73 Å². The zero-order valence-electron chi connectivity index (χ0n) is 7.61. The summed E-state index contributed by atoms with van der Waals surface area (Å²) in [7, 11) is 0. The van der Waals surface area contributed by atoms with Gasteiger partial charge in [0.1, 0.15) is 0 Å². The third-order valence-electron chi connectivity index (χ3n) is 1.56. The predicted molar refractivity (Wildman–Crippen MR) is 62.0 cm³/mol. The number of nitrogens with two attached hydrogens (primary N) is 2. The van der Waals surface area contributed by atoms with Gasteiger partial charge in [-0.3, -0.25) is 5.41 Å². The van der Waals surface area contributed by atoms with Crippen LogP contribution in [0.15, 0.2) is 23.3 Å². The van der Waals surface area contributed by atoms with Crippen LogP contribution in [0.4, 0.5) is 0 Å². The maximum Gasteiger partial charge on any atom is 0.224 e. The van der Waals surface area contributed by atoms with E-state index in [-0.39, 0.29) is 5.96 Å². The van der Waals surface area contributed by atoms with Crippen LogP contribution in [-0.2, 0) is 0 Å². The maximum absolute atomic E-state index is 6.97. The van der Waals surface area contributed by atoms with Crippen molar-refractivity contribution in [2.45, 2.75) is 0 Å². The summed E-state index contributed by atoms with van der Waals surface area (Å²) < 4.78 is 0. The van der Waals surface area contributed by atoms with Crippen LogP contribution >= 0.6 is 23.2 Å². The molecule has 0 aliphatic carbocycles. The quantitative estimate of drug-likeness (QED) is 0.318. The van der Waals surface area contributed by atoms with Crippen LogP contribution in [0.2, 0.25) is 10.0 Å². The topological polar surface area (TPSA) is 91.5 Å². The fourth-order valence-electron chi connectivity index (χ4n) is 0.816. The molecule has 0 saturated carbocycles. The van der Waals surface area contributed by atoms with Gasteiger partial charge in [0.15, 0.2) is 0 Å². The van der Waals surface area contributed by atoms with Crippen molar-refractivity contribution < 1.29 is 0 Å². The number of hydrazone groups is 1. The highest BCUT2D eigenvalue weighted by atomic mass is 35.5. The molecule has 0 aliphatic heterocycles. The molecule has 0 heterocycles. The van der Waals surface area contributed by atoms with E-state index in [2.05, 4.69) is 5.10 Å². The standard InChI is InChI=1S/C8H9Cl2N5/c9-6-2-1-3-7(10)5(6)4-14-15(13)8(11)12/h1-4H,13H2,(H3,11,12)/b14-4+. The largest absolute Gasteiger partial charge is 0.367 e. The second kappa shape index (κ2) is 4.97. The van der Waals surface area contributed by atoms with Gasteiger partial charge in [0.05, 0.1) is 16.3 Å². The molecule has 7 heteroatoms. The molecule has 1 rings (SSSR count). The highest BCUT2D eigenvalue weighted by molar-refractivity contribution is 6.38. The molecule has 0 amide bonds. The lowest BCUT2D eigenvalue weighted by molar-refractivity contribution is 0.464. The molecule has 0 aliphatic rings. The molecule has 1 aromatic carbocycles. The minimum atomic E-state index is -0.380. The van der Waals surface area contributed by atoms with Crippen molar-refractivity contribution >= 4 is 35.4 Å². The average Bonchev–Trinajstić information content (AvgIpc) is 2.16. The Labute approximate surface area is 96.7 Å². The monoisotopic (exact) mass is 245 g/mol. The third-order valence-corrected chi connectivity index (χ3v) is 2.22. The predicted octanol–water partition coefficient (Wildman–Crippen LogP) is 1.40. The van der Waals surface area contributed by atoms with Crippen LogP contribution in [0.25, 0.3) is 0 Å². The molecule has 15 heavy (non-hydrogen) atoms. The van der Waals surface area contributed by atoms with E-state index in [0.29, 0.717) is 20.7 Å². The number of hydrazine groups is 1. The van der Waals surface area contributed by atoms with Crippen molar-refractivity contribution in [3.8, 4) is 0 Å². The smallest absolute Gasteiger partial charge is 0.224 e. The number of nitrogens with zero attached hydrogens (tertiary/aromatic N) is 2. The van der Waals surface area contributed by atoms with Crippen molar-refractivity contribution in [3.05, 3.63) is 33.8 Å². The average molecular weight is 246 g/mol. The second-order valence-corrected chi connectivity index (χ2v) is 3.42. The van der Waals surface area contributed by atoms with Gasteiger partial charge in [-0.15, -0.1) is 0 Å². The van der Waals surface area contributed by atoms with Crippen molar-refractivity contribution in [2.24, 2.45) is 16.7 Å². The van der Waals surface area contributed by atoms with Gasteiger partial charge in [0.25, 0.3) is 0 Å².